The van der Waals surface area contributed by atoms with Crippen molar-refractivity contribution in [2.45, 2.75) is 57.9 Å². The number of hydrogen-bond donors (Lipinski definition) is 2. The van der Waals surface area contributed by atoms with E-state index in [-0.39, 0.29) is 12.5 Å². The van der Waals surface area contributed by atoms with Gasteiger partial charge in [0.25, 0.3) is 5.91 Å². The average Bonchev–Trinajstić information content (AvgIpc) is 3.56. The SMILES string of the molecule is C=CCCCCCN(C)C(=NCCc1ccc(OCC(=O)NC2CC2)cc1)NCC. The van der Waals surface area contributed by atoms with Crippen molar-refractivity contribution >= 4 is 11.9 Å². The van der Waals surface area contributed by atoms with Gasteiger partial charge in [-0.15, -0.1) is 6.58 Å². The summed E-state index contributed by atoms with van der Waals surface area (Å²) in [5.41, 5.74) is 1.21. The maximum atomic E-state index is 11.7. The summed E-state index contributed by atoms with van der Waals surface area (Å²) in [6.45, 7) is 8.54. The van der Waals surface area contributed by atoms with Crippen molar-refractivity contribution in [2.75, 3.05) is 33.3 Å². The molecule has 2 rings (SSSR count). The summed E-state index contributed by atoms with van der Waals surface area (Å²) in [6.07, 6.45) is 9.70. The van der Waals surface area contributed by atoms with Crippen LogP contribution >= 0.6 is 0 Å². The molecule has 1 saturated carbocycles. The standard InChI is InChI=1S/C24H38N4O2/c1-4-6-7-8-9-18-28(3)24(25-5-2)26-17-16-20-10-14-22(15-11-20)30-19-23(29)27-21-12-13-21/h4,10-11,14-15,21H,1,5-9,12-13,16-19H2,2-3H3,(H,25,26)(H,27,29). The molecular weight excluding hydrogens is 376 g/mol. The molecule has 1 aromatic carbocycles. The number of ether oxygens (including phenoxy) is 1. The van der Waals surface area contributed by atoms with Crippen LogP contribution in [-0.2, 0) is 11.2 Å². The van der Waals surface area contributed by atoms with Crippen LogP contribution in [0.15, 0.2) is 41.9 Å². The monoisotopic (exact) mass is 414 g/mol. The molecule has 0 unspecified atom stereocenters. The quantitative estimate of drug-likeness (QED) is 0.212. The predicted molar refractivity (Wildman–Crippen MR) is 124 cm³/mol. The number of hydrogen-bond acceptors (Lipinski definition) is 3. The van der Waals surface area contributed by atoms with E-state index >= 15 is 0 Å². The second-order valence-corrected chi connectivity index (χ2v) is 7.82. The molecule has 166 valence electrons. The lowest BCUT2D eigenvalue weighted by atomic mass is 10.1. The zero-order valence-corrected chi connectivity index (χ0v) is 18.7. The molecule has 0 saturated heterocycles. The summed E-state index contributed by atoms with van der Waals surface area (Å²) in [4.78, 5) is 18.7. The molecule has 2 N–H and O–H groups in total. The first-order valence-corrected chi connectivity index (χ1v) is 11.2. The number of nitrogens with zero attached hydrogens (tertiary/aromatic N) is 2. The Labute approximate surface area is 181 Å². The van der Waals surface area contributed by atoms with Crippen molar-refractivity contribution in [1.82, 2.24) is 15.5 Å². The zero-order chi connectivity index (χ0) is 21.6. The third kappa shape index (κ3) is 9.81. The third-order valence-corrected chi connectivity index (χ3v) is 5.00. The van der Waals surface area contributed by atoms with Crippen LogP contribution in [0.1, 0.15) is 51.0 Å². The largest absolute Gasteiger partial charge is 0.484 e. The Hall–Kier alpha value is -2.50. The summed E-state index contributed by atoms with van der Waals surface area (Å²) in [5, 5.41) is 6.30. The van der Waals surface area contributed by atoms with E-state index in [9.17, 15) is 4.79 Å². The number of carbonyl (C=O) groups excluding carboxylic acids is 1. The fraction of sp³-hybridized carbons (Fsp3) is 0.583. The summed E-state index contributed by atoms with van der Waals surface area (Å²) >= 11 is 0. The molecule has 0 radical (unpaired) electrons. The van der Waals surface area contributed by atoms with Crippen LogP contribution in [0.2, 0.25) is 0 Å². The van der Waals surface area contributed by atoms with Crippen molar-refractivity contribution in [3.8, 4) is 5.75 Å². The zero-order valence-electron chi connectivity index (χ0n) is 18.7. The first-order chi connectivity index (χ1) is 14.6. The topological polar surface area (TPSA) is 66.0 Å². The van der Waals surface area contributed by atoms with Crippen LogP contribution in [0.5, 0.6) is 5.75 Å². The fourth-order valence-corrected chi connectivity index (χ4v) is 3.08. The van der Waals surface area contributed by atoms with Crippen molar-refractivity contribution in [3.63, 3.8) is 0 Å². The van der Waals surface area contributed by atoms with Gasteiger partial charge in [-0.1, -0.05) is 24.6 Å². The highest BCUT2D eigenvalue weighted by Crippen LogP contribution is 2.18. The van der Waals surface area contributed by atoms with Gasteiger partial charge < -0.3 is 20.3 Å². The van der Waals surface area contributed by atoms with E-state index in [4.69, 9.17) is 9.73 Å². The summed E-state index contributed by atoms with van der Waals surface area (Å²) in [5.74, 6) is 1.64. The normalized spacial score (nSPS) is 13.6. The van der Waals surface area contributed by atoms with E-state index < -0.39 is 0 Å². The Morgan fingerprint density at radius 3 is 2.70 bits per heavy atom. The highest BCUT2D eigenvalue weighted by Gasteiger charge is 2.23. The highest BCUT2D eigenvalue weighted by molar-refractivity contribution is 5.79. The second-order valence-electron chi connectivity index (χ2n) is 7.82. The minimum atomic E-state index is -0.0447. The molecular formula is C24H38N4O2. The van der Waals surface area contributed by atoms with Gasteiger partial charge >= 0.3 is 0 Å². The van der Waals surface area contributed by atoms with Crippen LogP contribution in [0, 0.1) is 0 Å². The minimum absolute atomic E-state index is 0.0447. The Kier molecular flexibility index (Phi) is 10.8. The Morgan fingerprint density at radius 2 is 2.03 bits per heavy atom. The molecule has 1 amide bonds. The lowest BCUT2D eigenvalue weighted by Gasteiger charge is -2.22. The summed E-state index contributed by atoms with van der Waals surface area (Å²) in [7, 11) is 2.10. The molecule has 6 nitrogen and oxygen atoms in total. The number of allylic oxidation sites excluding steroid dienone is 1. The predicted octanol–water partition coefficient (Wildman–Crippen LogP) is 3.53. The van der Waals surface area contributed by atoms with Gasteiger partial charge in [-0.05, 0) is 63.1 Å². The summed E-state index contributed by atoms with van der Waals surface area (Å²) in [6, 6.07) is 8.29. The van der Waals surface area contributed by atoms with Crippen LogP contribution in [0.3, 0.4) is 0 Å². The van der Waals surface area contributed by atoms with E-state index in [1.54, 1.807) is 0 Å². The molecule has 0 bridgehead atoms. The fourth-order valence-electron chi connectivity index (χ4n) is 3.08. The Bertz CT molecular complexity index is 668. The molecule has 0 aromatic heterocycles. The van der Waals surface area contributed by atoms with Gasteiger partial charge in [0.15, 0.2) is 12.6 Å². The Morgan fingerprint density at radius 1 is 1.27 bits per heavy atom. The number of unbranched alkanes of at least 4 members (excludes halogenated alkanes) is 3. The van der Waals surface area contributed by atoms with E-state index in [2.05, 4.69) is 36.1 Å². The van der Waals surface area contributed by atoms with Crippen molar-refractivity contribution in [2.24, 2.45) is 4.99 Å². The third-order valence-electron chi connectivity index (χ3n) is 5.00. The number of benzene rings is 1. The molecule has 1 fully saturated rings. The van der Waals surface area contributed by atoms with E-state index in [1.165, 1.54) is 18.4 Å². The first-order valence-electron chi connectivity index (χ1n) is 11.2. The first kappa shape index (κ1) is 23.8. The van der Waals surface area contributed by atoms with Crippen LogP contribution in [0.4, 0.5) is 0 Å². The maximum absolute atomic E-state index is 11.7. The number of guanidine groups is 1. The van der Waals surface area contributed by atoms with Gasteiger partial charge in [0.1, 0.15) is 5.75 Å². The van der Waals surface area contributed by atoms with E-state index in [0.717, 1.165) is 63.4 Å². The van der Waals surface area contributed by atoms with Crippen molar-refractivity contribution in [1.29, 1.82) is 0 Å². The maximum Gasteiger partial charge on any atom is 0.258 e. The number of nitrogens with one attached hydrogen (secondary N) is 2. The van der Waals surface area contributed by atoms with E-state index in [0.29, 0.717) is 6.04 Å². The van der Waals surface area contributed by atoms with Crippen LogP contribution in [-0.4, -0.2) is 56.1 Å². The minimum Gasteiger partial charge on any atom is -0.484 e. The van der Waals surface area contributed by atoms with Gasteiger partial charge in [-0.3, -0.25) is 9.79 Å². The number of rotatable bonds is 14. The Balaban J connectivity index is 1.72. The number of aliphatic imine (C=N–C) groups is 1. The van der Waals surface area contributed by atoms with Gasteiger partial charge in [-0.2, -0.15) is 0 Å². The van der Waals surface area contributed by atoms with Gasteiger partial charge in [-0.25, -0.2) is 0 Å². The lowest BCUT2D eigenvalue weighted by Crippen LogP contribution is -2.39. The van der Waals surface area contributed by atoms with Gasteiger partial charge in [0.2, 0.25) is 0 Å². The average molecular weight is 415 g/mol. The van der Waals surface area contributed by atoms with Crippen LogP contribution < -0.4 is 15.4 Å². The molecule has 30 heavy (non-hydrogen) atoms. The molecule has 0 atom stereocenters. The molecule has 0 aliphatic heterocycles. The van der Waals surface area contributed by atoms with Crippen molar-refractivity contribution < 1.29 is 9.53 Å². The number of amides is 1. The van der Waals surface area contributed by atoms with Crippen LogP contribution in [0.25, 0.3) is 0 Å². The molecule has 6 heteroatoms. The molecule has 1 aliphatic rings. The van der Waals surface area contributed by atoms with Gasteiger partial charge in [0.05, 0.1) is 0 Å². The molecule has 1 aliphatic carbocycles. The molecule has 1 aromatic rings. The lowest BCUT2D eigenvalue weighted by molar-refractivity contribution is -0.123. The second kappa shape index (κ2) is 13.7. The number of carbonyl (C=O) groups is 1. The molecule has 0 heterocycles. The van der Waals surface area contributed by atoms with Crippen molar-refractivity contribution in [3.05, 3.63) is 42.5 Å². The molecule has 0 spiro atoms. The van der Waals surface area contributed by atoms with Gasteiger partial charge in [0, 0.05) is 32.7 Å². The summed E-state index contributed by atoms with van der Waals surface area (Å²) < 4.78 is 5.56. The van der Waals surface area contributed by atoms with E-state index in [1.807, 2.05) is 30.3 Å². The smallest absolute Gasteiger partial charge is 0.258 e. The highest BCUT2D eigenvalue weighted by atomic mass is 16.5.